The molecule has 1 heterocycles. The molecule has 0 radical (unpaired) electrons. The van der Waals surface area contributed by atoms with Crippen LogP contribution >= 0.6 is 0 Å². The van der Waals surface area contributed by atoms with Gasteiger partial charge in [0.25, 0.3) is 0 Å². The second kappa shape index (κ2) is 85.1. The Balaban J connectivity index is -0.000000771. The van der Waals surface area contributed by atoms with Crippen LogP contribution < -0.4 is 0 Å². The molecule has 1 saturated carbocycles. The molecule has 16 rings (SSSR count). The van der Waals surface area contributed by atoms with Gasteiger partial charge in [-0.1, -0.05) is 524 Å². The van der Waals surface area contributed by atoms with E-state index in [1.807, 2.05) is 186 Å². The highest BCUT2D eigenvalue weighted by molar-refractivity contribution is 6.08. The molecule has 15 aromatic rings. The summed E-state index contributed by atoms with van der Waals surface area (Å²) in [6.45, 7) is 83.0. The molecule has 774 valence electrons. The maximum Gasteiger partial charge on any atom is 0.0407 e. The third kappa shape index (κ3) is 47.1. The fraction of sp³-hybridized carbons (Fsp3) is 0.436. The molecular weight excluding hydrogens is 1700 g/mol. The summed E-state index contributed by atoms with van der Waals surface area (Å²) < 4.78 is 0. The van der Waals surface area contributed by atoms with Gasteiger partial charge < -0.3 is 0 Å². The van der Waals surface area contributed by atoms with Gasteiger partial charge in [-0.2, -0.15) is 0 Å². The molecule has 0 amide bonds. The molecule has 1 aliphatic carbocycles. The van der Waals surface area contributed by atoms with E-state index in [-0.39, 0.29) is 1.43 Å². The Labute approximate surface area is 872 Å². The van der Waals surface area contributed by atoms with Crippen molar-refractivity contribution in [2.45, 2.75) is 405 Å². The second-order valence-electron chi connectivity index (χ2n) is 32.0. The minimum atomic E-state index is 0. The number of fused-ring (bicyclic) bond motifs is 6. The number of benzene rings is 14. The van der Waals surface area contributed by atoms with E-state index >= 15 is 0 Å². The minimum absolute atomic E-state index is 0. The molecule has 1 nitrogen and oxygen atoms in total. The Morgan fingerprint density at radius 3 is 0.745 bits per heavy atom. The predicted molar refractivity (Wildman–Crippen MR) is 654 cm³/mol. The normalized spacial score (nSPS) is 11.1. The van der Waals surface area contributed by atoms with Crippen molar-refractivity contribution < 1.29 is 1.43 Å². The molecule has 1 aliphatic rings. The lowest BCUT2D eigenvalue weighted by Gasteiger charge is -2.28. The van der Waals surface area contributed by atoms with Crippen molar-refractivity contribution in [2.24, 2.45) is 5.92 Å². The maximum absolute atomic E-state index is 4.40. The van der Waals surface area contributed by atoms with Gasteiger partial charge in [-0.3, -0.25) is 4.98 Å². The van der Waals surface area contributed by atoms with E-state index in [0.717, 1.165) is 102 Å². The molecule has 1 aromatic heterocycles. The SMILES string of the molecule is CC.CC.CC.CC.CC.CC.CC.CC.CC.CC.CC.CC.CC.CCc1ccc(-c2ccc(C3CCC(CC)CC3)cc2)c(C)c1C.CCc1ccc(Cc2ccc(CC)cc2)cc1.CCc1ccc(Cc2ccc(Cc3ccc(CC)cc3)cc2)cc1.CCc1ccc2c(ccc3cc(CC)ccc32)c1.CCc1ccc2cc(CC)ncc2c1.CCc1ccc2cc3cc(CC)ccc3cc2c1.[HH]. The zero-order valence-electron chi connectivity index (χ0n) is 98.2. The first-order valence-corrected chi connectivity index (χ1v) is 57.0. The number of aryl methyl sites for hydroxylation is 11. The van der Waals surface area contributed by atoms with Crippen LogP contribution in [0.2, 0.25) is 0 Å². The molecule has 0 spiro atoms. The fourth-order valence-electron chi connectivity index (χ4n) is 16.3. The van der Waals surface area contributed by atoms with E-state index in [1.54, 1.807) is 5.56 Å². The van der Waals surface area contributed by atoms with E-state index in [0.29, 0.717) is 0 Å². The van der Waals surface area contributed by atoms with Crippen molar-refractivity contribution >= 4 is 53.9 Å². The number of pyridine rings is 1. The number of rotatable bonds is 20. The fourth-order valence-corrected chi connectivity index (χ4v) is 16.3. The molecule has 1 heteroatoms. The average Bonchev–Trinajstić information content (AvgIpc) is 0.791. The summed E-state index contributed by atoms with van der Waals surface area (Å²) in [7, 11) is 0. The summed E-state index contributed by atoms with van der Waals surface area (Å²) in [4.78, 5) is 4.40. The largest absolute Gasteiger partial charge is 0.261 e. The van der Waals surface area contributed by atoms with Crippen LogP contribution in [-0.4, -0.2) is 4.98 Å². The lowest BCUT2D eigenvalue weighted by Crippen LogP contribution is -2.12. The standard InChI is InChI=1S/C24H32.C24H26.2C18H18.C17H20.C13H15N.13C2H6.H2/c1-5-19-7-9-21(10-8-19)22-11-13-23(14-12-22)24-16-15-20(6-2)17(3)18(24)4;1-3-19-5-9-21(10-6-19)17-23-13-15-24(16-14-23)18-22-11-7-20(4-2)8-12-22;1-3-13-5-9-17-15(11-13)7-8-16-12-14(4-2)6-10-18(16)17;1-3-13-5-7-15-12-18-10-14(4-2)6-8-16(18)11-17(15)9-13;1-3-14-5-9-16(10-6-14)13-17-11-7-15(4-2)8-12-17;1-3-10-5-6-11-8-13(4-2)14-9-12(11)7-10;13*1-2;/h11-16,19,21H,5-10H2,1-4H3;5-16H,3-4,17-18H2,1-2H3;2*5-12H,3-4H2,1-2H3;5-12H,3-4,13H2,1-2H3;5-9H,3-4H2,1-2H3;13*1-2H3;1H. The van der Waals surface area contributed by atoms with Gasteiger partial charge in [-0.05, 0) is 331 Å². The van der Waals surface area contributed by atoms with Crippen LogP contribution in [0.4, 0.5) is 0 Å². The Morgan fingerprint density at radius 1 is 0.213 bits per heavy atom. The molecule has 0 unspecified atom stereocenters. The van der Waals surface area contributed by atoms with Crippen LogP contribution in [0.5, 0.6) is 0 Å². The van der Waals surface area contributed by atoms with Crippen molar-refractivity contribution in [3.05, 3.63) is 397 Å². The summed E-state index contributed by atoms with van der Waals surface area (Å²) in [5.74, 6) is 1.76. The number of hydrogen-bond acceptors (Lipinski definition) is 1. The number of hydrogen-bond donors (Lipinski definition) is 0. The Hall–Kier alpha value is -10.5. The molecule has 0 aliphatic heterocycles. The highest BCUT2D eigenvalue weighted by Crippen LogP contribution is 2.39. The van der Waals surface area contributed by atoms with E-state index in [4.69, 9.17) is 0 Å². The lowest BCUT2D eigenvalue weighted by molar-refractivity contribution is 0.319. The third-order valence-corrected chi connectivity index (χ3v) is 24.5. The Bertz CT molecular complexity index is 5220. The minimum Gasteiger partial charge on any atom is -0.261 e. The average molecular weight is 1910 g/mol. The molecule has 0 atom stereocenters. The van der Waals surface area contributed by atoms with Gasteiger partial charge in [0.05, 0.1) is 0 Å². The molecular formula is C140H209N. The van der Waals surface area contributed by atoms with Gasteiger partial charge in [0, 0.05) is 18.7 Å². The van der Waals surface area contributed by atoms with E-state index in [2.05, 4.69) is 381 Å². The number of aromatic nitrogens is 1. The summed E-state index contributed by atoms with van der Waals surface area (Å²) in [5.41, 5.74) is 30.8. The van der Waals surface area contributed by atoms with Gasteiger partial charge in [-0.15, -0.1) is 0 Å². The second-order valence-corrected chi connectivity index (χ2v) is 32.0. The monoisotopic (exact) mass is 1900 g/mol. The highest BCUT2D eigenvalue weighted by atomic mass is 14.7. The smallest absolute Gasteiger partial charge is 0.0407 e. The van der Waals surface area contributed by atoms with Crippen LogP contribution in [0.3, 0.4) is 0 Å². The van der Waals surface area contributed by atoms with Crippen LogP contribution in [0.15, 0.2) is 285 Å². The molecule has 14 aromatic carbocycles. The lowest BCUT2D eigenvalue weighted by atomic mass is 9.77. The molecule has 0 bridgehead atoms. The van der Waals surface area contributed by atoms with Crippen LogP contribution in [0.1, 0.15) is 414 Å². The van der Waals surface area contributed by atoms with Gasteiger partial charge >= 0.3 is 0 Å². The summed E-state index contributed by atoms with van der Waals surface area (Å²) >= 11 is 0. The quantitative estimate of drug-likeness (QED) is 0.0547. The van der Waals surface area contributed by atoms with E-state index in [9.17, 15) is 0 Å². The summed E-state index contributed by atoms with van der Waals surface area (Å²) in [6.07, 6.45) is 24.0. The van der Waals surface area contributed by atoms with Crippen LogP contribution in [-0.2, 0) is 89.9 Å². The van der Waals surface area contributed by atoms with Crippen molar-refractivity contribution in [1.29, 1.82) is 0 Å². The zero-order valence-corrected chi connectivity index (χ0v) is 98.2. The molecule has 0 saturated heterocycles. The van der Waals surface area contributed by atoms with E-state index < -0.39 is 0 Å². The first-order chi connectivity index (χ1) is 69.2. The van der Waals surface area contributed by atoms with Gasteiger partial charge in [0.15, 0.2) is 0 Å². The molecule has 0 N–H and O–H groups in total. The van der Waals surface area contributed by atoms with Crippen LogP contribution in [0.25, 0.3) is 65.0 Å². The Kier molecular flexibility index (Phi) is 81.3. The zero-order chi connectivity index (χ0) is 107. The van der Waals surface area contributed by atoms with Gasteiger partial charge in [0.2, 0.25) is 0 Å². The van der Waals surface area contributed by atoms with Crippen molar-refractivity contribution in [2.75, 3.05) is 0 Å². The van der Waals surface area contributed by atoms with Crippen molar-refractivity contribution in [3.63, 3.8) is 0 Å². The van der Waals surface area contributed by atoms with Gasteiger partial charge in [0.1, 0.15) is 0 Å². The van der Waals surface area contributed by atoms with E-state index in [1.165, 1.54) is 203 Å². The maximum atomic E-state index is 4.40. The topological polar surface area (TPSA) is 12.9 Å². The highest BCUT2D eigenvalue weighted by Gasteiger charge is 2.22. The van der Waals surface area contributed by atoms with Gasteiger partial charge in [-0.25, -0.2) is 0 Å². The third-order valence-electron chi connectivity index (χ3n) is 24.5. The molecule has 1 fully saturated rings. The first-order valence-electron chi connectivity index (χ1n) is 57.0. The molecule has 141 heavy (non-hydrogen) atoms. The Morgan fingerprint density at radius 2 is 0.468 bits per heavy atom. The predicted octanol–water partition coefficient (Wildman–Crippen LogP) is 44.8. The van der Waals surface area contributed by atoms with Crippen molar-refractivity contribution in [3.8, 4) is 11.1 Å². The summed E-state index contributed by atoms with van der Waals surface area (Å²) in [5, 5.41) is 13.4. The van der Waals surface area contributed by atoms with Crippen molar-refractivity contribution in [1.82, 2.24) is 4.98 Å². The van der Waals surface area contributed by atoms with Crippen LogP contribution in [0, 0.1) is 19.8 Å². The number of nitrogens with zero attached hydrogens (tertiary/aromatic N) is 1. The summed E-state index contributed by atoms with van der Waals surface area (Å²) in [6, 6.07) is 104. The first kappa shape index (κ1) is 135.